The molecule has 25 atom stereocenters. The van der Waals surface area contributed by atoms with E-state index in [0.29, 0.717) is 5.56 Å². The van der Waals surface area contributed by atoms with Crippen molar-refractivity contribution >= 4 is 64.9 Å². The summed E-state index contributed by atoms with van der Waals surface area (Å²) in [5, 5.41) is 159. The number of esters is 1. The second-order valence-corrected chi connectivity index (χ2v) is 25.1. The number of rotatable bonds is 20. The Kier molecular flexibility index (Phi) is 26.3. The van der Waals surface area contributed by atoms with Gasteiger partial charge >= 0.3 is 5.97 Å². The largest absolute Gasteiger partial charge is 0.462 e. The van der Waals surface area contributed by atoms with Gasteiger partial charge in [0.2, 0.25) is 41.7 Å². The Balaban J connectivity index is 1.11. The number of carbonyl (C=O) groups excluding carboxylic acids is 7. The summed E-state index contributed by atoms with van der Waals surface area (Å²) in [7, 11) is 0. The van der Waals surface area contributed by atoms with E-state index in [2.05, 4.69) is 47.2 Å². The summed E-state index contributed by atoms with van der Waals surface area (Å²) in [4.78, 5) is 109. The number of nitrogens with zero attached hydrogens (tertiary/aromatic N) is 3. The fraction of sp³-hybridized carbons (Fsp3) is 0.644. The molecule has 8 rings (SSSR count). The van der Waals surface area contributed by atoms with E-state index < -0.39 is 246 Å². The van der Waals surface area contributed by atoms with E-state index in [0.717, 1.165) is 4.90 Å². The van der Waals surface area contributed by atoms with Crippen molar-refractivity contribution in [2.75, 3.05) is 46.1 Å². The molecule has 6 aliphatic rings. The molecule has 6 amide bonds. The van der Waals surface area contributed by atoms with Crippen molar-refractivity contribution < 1.29 is 128 Å². The average Bonchev–Trinajstić information content (AvgIpc) is 1.47. The second kappa shape index (κ2) is 33.7. The molecule has 6 heterocycles. The molecular weight excluding hydrogens is 1330 g/mol. The normalized spacial score (nSPS) is 35.7. The number of aliphatic hydroxyl groups excluding tert-OH is 13. The molecule has 2 aromatic carbocycles. The number of benzene rings is 2. The number of nitrogens with two attached hydrogens (primary N) is 2. The molecule has 0 aliphatic carbocycles. The third kappa shape index (κ3) is 17.6. The second-order valence-electron chi connectivity index (χ2n) is 24.7. The van der Waals surface area contributed by atoms with Crippen LogP contribution in [0.3, 0.4) is 0 Å². The fourth-order valence-corrected chi connectivity index (χ4v) is 12.2. The summed E-state index contributed by atoms with van der Waals surface area (Å²) in [5.41, 5.74) is 12.6. The molecule has 38 nitrogen and oxygen atoms in total. The first-order valence-electron chi connectivity index (χ1n) is 31.3. The molecular formula is C59H85ClN12O26. The molecule has 4 fully saturated rings. The minimum Gasteiger partial charge on any atom is -0.462 e. The molecule has 0 aromatic heterocycles. The molecule has 544 valence electrons. The van der Waals surface area contributed by atoms with Crippen LogP contribution < -0.4 is 53.4 Å². The van der Waals surface area contributed by atoms with E-state index in [1.807, 2.05) is 0 Å². The van der Waals surface area contributed by atoms with Crippen LogP contribution in [0.15, 0.2) is 58.5 Å². The summed E-state index contributed by atoms with van der Waals surface area (Å²) < 4.78 is 34.4. The number of halogens is 1. The smallest absolute Gasteiger partial charge is 0.306 e. The summed E-state index contributed by atoms with van der Waals surface area (Å²) >= 11 is 6.61. The Morgan fingerprint density at radius 2 is 1.21 bits per heavy atom. The van der Waals surface area contributed by atoms with Gasteiger partial charge in [-0.25, -0.2) is 0 Å². The van der Waals surface area contributed by atoms with E-state index in [-0.39, 0.29) is 41.2 Å². The average molecular weight is 1410 g/mol. The maximum atomic E-state index is 15.2. The Morgan fingerprint density at radius 3 is 1.85 bits per heavy atom. The van der Waals surface area contributed by atoms with Gasteiger partial charge in [-0.15, -0.1) is 0 Å². The maximum absolute atomic E-state index is 15.2. The van der Waals surface area contributed by atoms with E-state index in [1.54, 1.807) is 32.0 Å². The van der Waals surface area contributed by atoms with Crippen LogP contribution in [0.2, 0.25) is 5.02 Å². The molecule has 39 heteroatoms. The lowest BCUT2D eigenvalue weighted by Gasteiger charge is -2.46. The number of guanidine groups is 2. The van der Waals surface area contributed by atoms with E-state index in [4.69, 9.17) is 51.5 Å². The molecule has 98 heavy (non-hydrogen) atoms. The van der Waals surface area contributed by atoms with Gasteiger partial charge in [-0.3, -0.25) is 43.5 Å². The van der Waals surface area contributed by atoms with Crippen LogP contribution in [-0.4, -0.2) is 317 Å². The monoisotopic (exact) mass is 1410 g/mol. The van der Waals surface area contributed by atoms with Gasteiger partial charge in [-0.1, -0.05) is 62.7 Å². The summed E-state index contributed by atoms with van der Waals surface area (Å²) in [6.45, 7) is -0.778. The quantitative estimate of drug-likeness (QED) is 0.0547. The van der Waals surface area contributed by atoms with Gasteiger partial charge < -0.3 is 148 Å². The Bertz CT molecular complexity index is 3180. The standard InChI is InChI=1S/C59H85ClN12O26/c1-21(2)12-35(78)97-49-44(84)42(82)32(19-75)95-57(49)98-48-33(20-76)96-56(47(87)45(48)85)93-24-10-8-23(9-11-24)13-27-51(89)70-37(39(79)28-14-64-58(61)68-28)54(92)71-38(40(80)30-15-65-59(62)72(30)55-46(86)43(83)41(81)31(18-74)94-55)53(91)67-29(17-73)50(88)63-16-34(77)69-36(52(90)66-27)22(3)25-6-4-5-7-26(25)60/h4-11,21-22,27-33,36-49,55-57,73-76,79-87H,12-20H2,1-3H3,(H2,62,65)(H,63,88)(H,66,90)(H,67,91)(H,69,77)(H,70,89)(H,71,92)(H3,61,64,68)/t22?,27-,28?,29+,30?,31-,32-,33-,36+,37+,38-,39?,40?,41-,42-,43+,44+,45-,46+,47+,48-,49+,55+,56+,57-/m1/s1. The van der Waals surface area contributed by atoms with Gasteiger partial charge in [0, 0.05) is 23.8 Å². The first kappa shape index (κ1) is 76.4. The number of aliphatic imine (C=N–C) groups is 2. The Hall–Kier alpha value is -7.32. The van der Waals surface area contributed by atoms with Crippen molar-refractivity contribution in [1.82, 2.24) is 42.1 Å². The Morgan fingerprint density at radius 1 is 0.622 bits per heavy atom. The first-order chi connectivity index (χ1) is 46.5. The van der Waals surface area contributed by atoms with E-state index in [9.17, 15) is 90.4 Å². The molecule has 0 radical (unpaired) electrons. The molecule has 24 N–H and O–H groups in total. The zero-order chi connectivity index (χ0) is 71.7. The number of hydrogen-bond acceptors (Lipinski definition) is 32. The lowest BCUT2D eigenvalue weighted by molar-refractivity contribution is -0.353. The van der Waals surface area contributed by atoms with Gasteiger partial charge in [-0.05, 0) is 35.2 Å². The highest BCUT2D eigenvalue weighted by Gasteiger charge is 2.55. The number of amides is 6. The van der Waals surface area contributed by atoms with Gasteiger partial charge in [0.05, 0.1) is 58.1 Å². The van der Waals surface area contributed by atoms with Gasteiger partial charge in [-0.2, -0.15) is 0 Å². The highest BCUT2D eigenvalue weighted by atomic mass is 35.5. The van der Waals surface area contributed by atoms with Crippen LogP contribution in [0.25, 0.3) is 0 Å². The maximum Gasteiger partial charge on any atom is 0.306 e. The van der Waals surface area contributed by atoms with E-state index >= 15 is 9.59 Å². The predicted octanol–water partition coefficient (Wildman–Crippen LogP) is -11.4. The summed E-state index contributed by atoms with van der Waals surface area (Å²) in [5.74, 6) is -10.4. The molecule has 4 saturated heterocycles. The molecule has 0 bridgehead atoms. The third-order valence-electron chi connectivity index (χ3n) is 17.4. The number of hydrogen-bond donors (Lipinski definition) is 22. The molecule has 6 aliphatic heterocycles. The van der Waals surface area contributed by atoms with Crippen molar-refractivity contribution in [3.05, 3.63) is 64.7 Å². The summed E-state index contributed by atoms with van der Waals surface area (Å²) in [6.07, 6.45) is -32.1. The zero-order valence-corrected chi connectivity index (χ0v) is 53.7. The number of carbonyl (C=O) groups is 7. The van der Waals surface area contributed by atoms with Crippen LogP contribution >= 0.6 is 11.6 Å². The first-order valence-corrected chi connectivity index (χ1v) is 31.7. The number of aliphatic hydroxyl groups is 13. The summed E-state index contributed by atoms with van der Waals surface area (Å²) in [6, 6.07) is -1.57. The third-order valence-corrected chi connectivity index (χ3v) is 17.7. The number of nitrogens with one attached hydrogen (secondary N) is 7. The van der Waals surface area contributed by atoms with Crippen LogP contribution in [0.1, 0.15) is 44.2 Å². The predicted molar refractivity (Wildman–Crippen MR) is 331 cm³/mol. The molecule has 0 saturated carbocycles. The zero-order valence-electron chi connectivity index (χ0n) is 53.0. The van der Waals surface area contributed by atoms with Gasteiger partial charge in [0.25, 0.3) is 0 Å². The topological polar surface area (TPSA) is 602 Å². The van der Waals surface area contributed by atoms with Gasteiger partial charge in [0.1, 0.15) is 115 Å². The van der Waals surface area contributed by atoms with Crippen LogP contribution in [0, 0.1) is 5.92 Å². The van der Waals surface area contributed by atoms with Crippen molar-refractivity contribution in [3.8, 4) is 5.75 Å². The SMILES string of the molecule is CC(C)CC(=O)O[C@@H]1[C@@H](O[C@H]2[C@H](O)[C@H](O)[C@@H](Oc3ccc(C[C@H]4NC(=O)[C@H](C(C)c5ccccc5Cl)NC(=O)CNC(=O)[C@H](CO)NC(=O)[C@@H](C(O)C5CN=C(N)N5[C@H]5O[C@H](CO)[C@@H](O)[C@H](O)[C@@H]5O)NC(=O)[C@H](C(O)C5CN=C(N)N5)NC4=O)cc3)O[C@@H]2CO)O[C@H](CO)[C@@H](O)[C@@H]1O. The van der Waals surface area contributed by atoms with Crippen molar-refractivity contribution in [1.29, 1.82) is 0 Å². The molecule has 0 spiro atoms. The minimum atomic E-state index is -2.37. The van der Waals surface area contributed by atoms with Crippen LogP contribution in [0.4, 0.5) is 0 Å². The lowest BCUT2D eigenvalue weighted by Crippen LogP contribution is -2.70. The lowest BCUT2D eigenvalue weighted by atomic mass is 9.91. The van der Waals surface area contributed by atoms with Crippen LogP contribution in [0.5, 0.6) is 5.75 Å². The highest BCUT2D eigenvalue weighted by molar-refractivity contribution is 6.31. The van der Waals surface area contributed by atoms with Crippen LogP contribution in [-0.2, 0) is 63.7 Å². The molecule has 2 aromatic rings. The Labute approximate surface area is 563 Å². The fourth-order valence-electron chi connectivity index (χ4n) is 11.9. The van der Waals surface area contributed by atoms with Crippen molar-refractivity contribution in [3.63, 3.8) is 0 Å². The number of ether oxygens (including phenoxy) is 6. The highest BCUT2D eigenvalue weighted by Crippen LogP contribution is 2.34. The molecule has 5 unspecified atom stereocenters. The minimum absolute atomic E-state index is 0.0991. The van der Waals surface area contributed by atoms with Gasteiger partial charge in [0.15, 0.2) is 30.5 Å². The van der Waals surface area contributed by atoms with E-state index in [1.165, 1.54) is 37.3 Å². The van der Waals surface area contributed by atoms with Crippen molar-refractivity contribution in [2.45, 2.75) is 186 Å². The van der Waals surface area contributed by atoms with Crippen molar-refractivity contribution in [2.24, 2.45) is 27.4 Å².